The van der Waals surface area contributed by atoms with Crippen molar-refractivity contribution < 1.29 is 0 Å². The Morgan fingerprint density at radius 2 is 1.67 bits per heavy atom. The normalized spacial score (nSPS) is 9.33. The van der Waals surface area contributed by atoms with Gasteiger partial charge in [0.05, 0.1) is 5.69 Å². The predicted molar refractivity (Wildman–Crippen MR) is 62.5 cm³/mol. The van der Waals surface area contributed by atoms with E-state index in [-0.39, 0.29) is 0 Å². The molecular formula is C12H17N3. The first kappa shape index (κ1) is 11.4. The Kier molecular flexibility index (Phi) is 4.03. The second-order valence-electron chi connectivity index (χ2n) is 3.01. The van der Waals surface area contributed by atoms with E-state index in [1.54, 1.807) is 4.68 Å². The Morgan fingerprint density at radius 3 is 2.13 bits per heavy atom. The fraction of sp³-hybridized carbons (Fsp3) is 0.333. The zero-order valence-electron chi connectivity index (χ0n) is 9.73. The number of hydrogen-bond acceptors (Lipinski definition) is 2. The average Bonchev–Trinajstić information content (AvgIpc) is 2.64. The van der Waals surface area contributed by atoms with Gasteiger partial charge in [-0.15, -0.1) is 5.10 Å². The summed E-state index contributed by atoms with van der Waals surface area (Å²) >= 11 is 0. The van der Waals surface area contributed by atoms with E-state index in [9.17, 15) is 0 Å². The van der Waals surface area contributed by atoms with Crippen molar-refractivity contribution in [3.05, 3.63) is 36.0 Å². The first-order valence-corrected chi connectivity index (χ1v) is 5.21. The molecule has 0 bridgehead atoms. The molecule has 1 heterocycles. The maximum Gasteiger partial charge on any atom is 0.115 e. The van der Waals surface area contributed by atoms with Crippen molar-refractivity contribution in [2.24, 2.45) is 7.05 Å². The van der Waals surface area contributed by atoms with Crippen LogP contribution in [0.1, 0.15) is 19.5 Å². The van der Waals surface area contributed by atoms with Crippen LogP contribution in [0.15, 0.2) is 30.3 Å². The molecule has 0 atom stereocenters. The van der Waals surface area contributed by atoms with E-state index in [0.29, 0.717) is 0 Å². The van der Waals surface area contributed by atoms with Crippen molar-refractivity contribution in [1.82, 2.24) is 15.0 Å². The van der Waals surface area contributed by atoms with Crippen LogP contribution in [0.25, 0.3) is 11.3 Å². The smallest absolute Gasteiger partial charge is 0.115 e. The Balaban J connectivity index is 0.000000531. The molecule has 0 saturated carbocycles. The molecule has 0 N–H and O–H groups in total. The van der Waals surface area contributed by atoms with E-state index in [1.807, 2.05) is 58.2 Å². The Labute approximate surface area is 90.7 Å². The third kappa shape index (κ3) is 2.43. The van der Waals surface area contributed by atoms with E-state index in [0.717, 1.165) is 17.0 Å². The van der Waals surface area contributed by atoms with Crippen LogP contribution >= 0.6 is 0 Å². The summed E-state index contributed by atoms with van der Waals surface area (Å²) in [5, 5.41) is 8.06. The van der Waals surface area contributed by atoms with Gasteiger partial charge >= 0.3 is 0 Å². The molecule has 0 spiro atoms. The highest BCUT2D eigenvalue weighted by molar-refractivity contribution is 5.60. The summed E-state index contributed by atoms with van der Waals surface area (Å²) in [5.41, 5.74) is 3.17. The predicted octanol–water partition coefficient (Wildman–Crippen LogP) is 2.82. The second-order valence-corrected chi connectivity index (χ2v) is 3.01. The minimum Gasteiger partial charge on any atom is -0.252 e. The molecule has 0 amide bonds. The van der Waals surface area contributed by atoms with Crippen molar-refractivity contribution in [2.75, 3.05) is 0 Å². The number of rotatable bonds is 1. The van der Waals surface area contributed by atoms with Gasteiger partial charge in [0.25, 0.3) is 0 Å². The van der Waals surface area contributed by atoms with Gasteiger partial charge < -0.3 is 0 Å². The van der Waals surface area contributed by atoms with Gasteiger partial charge in [0.2, 0.25) is 0 Å². The lowest BCUT2D eigenvalue weighted by Gasteiger charge is -1.96. The van der Waals surface area contributed by atoms with E-state index < -0.39 is 0 Å². The molecule has 2 aromatic rings. The molecule has 0 unspecified atom stereocenters. The molecule has 0 fully saturated rings. The third-order valence-electron chi connectivity index (χ3n) is 2.15. The van der Waals surface area contributed by atoms with Gasteiger partial charge in [-0.1, -0.05) is 49.4 Å². The Hall–Kier alpha value is -1.64. The quantitative estimate of drug-likeness (QED) is 0.713. The first-order chi connectivity index (χ1) is 7.29. The molecule has 1 aromatic carbocycles. The number of aromatic nitrogens is 3. The maximum absolute atomic E-state index is 4.10. The van der Waals surface area contributed by atoms with Gasteiger partial charge in [-0.05, 0) is 6.92 Å². The fourth-order valence-electron chi connectivity index (χ4n) is 1.27. The van der Waals surface area contributed by atoms with Crippen LogP contribution < -0.4 is 0 Å². The minimum absolute atomic E-state index is 0.961. The highest BCUT2D eigenvalue weighted by Gasteiger charge is 2.06. The van der Waals surface area contributed by atoms with Crippen LogP contribution in [0.2, 0.25) is 0 Å². The van der Waals surface area contributed by atoms with Gasteiger partial charge in [0.1, 0.15) is 5.69 Å². The molecule has 2 rings (SSSR count). The summed E-state index contributed by atoms with van der Waals surface area (Å²) < 4.78 is 1.78. The highest BCUT2D eigenvalue weighted by atomic mass is 15.4. The average molecular weight is 203 g/mol. The molecule has 0 aliphatic heterocycles. The SMILES string of the molecule is CC.Cc1c(-c2ccccc2)nnn1C. The molecule has 15 heavy (non-hydrogen) atoms. The zero-order valence-corrected chi connectivity index (χ0v) is 9.73. The summed E-state index contributed by atoms with van der Waals surface area (Å²) in [7, 11) is 1.90. The van der Waals surface area contributed by atoms with Crippen molar-refractivity contribution >= 4 is 0 Å². The summed E-state index contributed by atoms with van der Waals surface area (Å²) in [6.07, 6.45) is 0. The van der Waals surface area contributed by atoms with Crippen molar-refractivity contribution in [1.29, 1.82) is 0 Å². The number of hydrogen-bond donors (Lipinski definition) is 0. The van der Waals surface area contributed by atoms with Crippen LogP contribution in [0.5, 0.6) is 0 Å². The molecule has 3 nitrogen and oxygen atoms in total. The molecule has 80 valence electrons. The first-order valence-electron chi connectivity index (χ1n) is 5.21. The molecule has 0 saturated heterocycles. The molecule has 0 radical (unpaired) electrons. The van der Waals surface area contributed by atoms with Crippen LogP contribution in [0.3, 0.4) is 0 Å². The molecule has 0 aliphatic carbocycles. The van der Waals surface area contributed by atoms with Gasteiger partial charge in [-0.3, -0.25) is 4.68 Å². The van der Waals surface area contributed by atoms with Crippen LogP contribution in [-0.4, -0.2) is 15.0 Å². The minimum atomic E-state index is 0.961. The maximum atomic E-state index is 4.10. The largest absolute Gasteiger partial charge is 0.252 e. The molecule has 0 aliphatic rings. The van der Waals surface area contributed by atoms with Gasteiger partial charge in [-0.2, -0.15) is 0 Å². The molecule has 3 heteroatoms. The van der Waals surface area contributed by atoms with E-state index >= 15 is 0 Å². The van der Waals surface area contributed by atoms with Crippen LogP contribution in [0.4, 0.5) is 0 Å². The molecular weight excluding hydrogens is 186 g/mol. The lowest BCUT2D eigenvalue weighted by molar-refractivity contribution is 0.696. The lowest BCUT2D eigenvalue weighted by Crippen LogP contribution is -1.92. The second kappa shape index (κ2) is 5.29. The standard InChI is InChI=1S/C10H11N3.C2H6/c1-8-10(11-12-13(8)2)9-6-4-3-5-7-9;1-2/h3-7H,1-2H3;1-2H3. The van der Waals surface area contributed by atoms with Gasteiger partial charge in [0.15, 0.2) is 0 Å². The van der Waals surface area contributed by atoms with E-state index in [1.165, 1.54) is 0 Å². The van der Waals surface area contributed by atoms with Crippen LogP contribution in [0, 0.1) is 6.92 Å². The number of aryl methyl sites for hydroxylation is 1. The highest BCUT2D eigenvalue weighted by Crippen LogP contribution is 2.18. The van der Waals surface area contributed by atoms with E-state index in [4.69, 9.17) is 0 Å². The van der Waals surface area contributed by atoms with Gasteiger partial charge in [-0.25, -0.2) is 0 Å². The number of nitrogens with zero attached hydrogens (tertiary/aromatic N) is 3. The monoisotopic (exact) mass is 203 g/mol. The fourth-order valence-corrected chi connectivity index (χ4v) is 1.27. The topological polar surface area (TPSA) is 30.7 Å². The van der Waals surface area contributed by atoms with Crippen molar-refractivity contribution in [3.63, 3.8) is 0 Å². The van der Waals surface area contributed by atoms with Crippen molar-refractivity contribution in [2.45, 2.75) is 20.8 Å². The molecule has 1 aromatic heterocycles. The zero-order chi connectivity index (χ0) is 11.3. The third-order valence-corrected chi connectivity index (χ3v) is 2.15. The van der Waals surface area contributed by atoms with Crippen LogP contribution in [-0.2, 0) is 7.05 Å². The lowest BCUT2D eigenvalue weighted by atomic mass is 10.1. The summed E-state index contributed by atoms with van der Waals surface area (Å²) in [6, 6.07) is 10.1. The number of benzene rings is 1. The Morgan fingerprint density at radius 1 is 1.07 bits per heavy atom. The van der Waals surface area contributed by atoms with Crippen molar-refractivity contribution in [3.8, 4) is 11.3 Å². The summed E-state index contributed by atoms with van der Waals surface area (Å²) in [5.74, 6) is 0. The van der Waals surface area contributed by atoms with E-state index in [2.05, 4.69) is 10.3 Å². The summed E-state index contributed by atoms with van der Waals surface area (Å²) in [6.45, 7) is 6.02. The Bertz CT molecular complexity index is 404. The van der Waals surface area contributed by atoms with Gasteiger partial charge in [0, 0.05) is 12.6 Å². The summed E-state index contributed by atoms with van der Waals surface area (Å²) in [4.78, 5) is 0.